The van der Waals surface area contributed by atoms with Gasteiger partial charge in [-0.2, -0.15) is 0 Å². The van der Waals surface area contributed by atoms with Gasteiger partial charge in [0.2, 0.25) is 0 Å². The lowest BCUT2D eigenvalue weighted by Gasteiger charge is -2.08. The fourth-order valence-corrected chi connectivity index (χ4v) is 3.73. The number of fused-ring (bicyclic) bond motifs is 2. The molecular weight excluding hydrogens is 388 g/mol. The number of pyridine rings is 1. The van der Waals surface area contributed by atoms with E-state index in [1.54, 1.807) is 12.1 Å². The van der Waals surface area contributed by atoms with Crippen LogP contribution in [0.1, 0.15) is 27.2 Å². The summed E-state index contributed by atoms with van der Waals surface area (Å²) in [4.78, 5) is 19.0. The van der Waals surface area contributed by atoms with Crippen LogP contribution in [0.4, 0.5) is 0 Å². The molecule has 2 N–H and O–H groups in total. The van der Waals surface area contributed by atoms with Crippen molar-refractivity contribution in [2.45, 2.75) is 13.0 Å². The number of hydrogen-bond acceptors (Lipinski definition) is 3. The van der Waals surface area contributed by atoms with Crippen LogP contribution in [-0.4, -0.2) is 21.0 Å². The summed E-state index contributed by atoms with van der Waals surface area (Å²) in [7, 11) is 0. The second-order valence-electron chi connectivity index (χ2n) is 7.48. The van der Waals surface area contributed by atoms with Gasteiger partial charge in [0.05, 0.1) is 16.8 Å². The molecule has 5 heteroatoms. The van der Waals surface area contributed by atoms with Crippen molar-refractivity contribution in [1.82, 2.24) is 9.97 Å². The van der Waals surface area contributed by atoms with E-state index < -0.39 is 5.97 Å². The Balaban J connectivity index is 1.26. The molecule has 0 aliphatic carbocycles. The lowest BCUT2D eigenvalue weighted by molar-refractivity contribution is 0.0697. The topological polar surface area (TPSA) is 75.2 Å². The molecule has 5 aromatic rings. The van der Waals surface area contributed by atoms with Crippen LogP contribution in [0.15, 0.2) is 85.1 Å². The summed E-state index contributed by atoms with van der Waals surface area (Å²) >= 11 is 0. The molecule has 0 atom stereocenters. The Morgan fingerprint density at radius 2 is 1.81 bits per heavy atom. The summed E-state index contributed by atoms with van der Waals surface area (Å²) in [5.41, 5.74) is 5.25. The number of nitrogens with zero attached hydrogens (tertiary/aromatic N) is 1. The summed E-state index contributed by atoms with van der Waals surface area (Å²) < 4.78 is 5.91. The molecule has 0 saturated heterocycles. The van der Waals surface area contributed by atoms with Crippen LogP contribution < -0.4 is 4.74 Å². The number of rotatable bonds is 6. The van der Waals surface area contributed by atoms with Gasteiger partial charge in [-0.3, -0.25) is 0 Å². The summed E-state index contributed by atoms with van der Waals surface area (Å²) in [5, 5.41) is 11.3. The zero-order valence-electron chi connectivity index (χ0n) is 16.7. The number of carboxylic acid groups (broad SMARTS) is 1. The normalized spacial score (nSPS) is 11.1. The maximum Gasteiger partial charge on any atom is 0.335 e. The van der Waals surface area contributed by atoms with E-state index in [2.05, 4.69) is 16.0 Å². The number of nitrogens with one attached hydrogen (secondary N) is 1. The van der Waals surface area contributed by atoms with E-state index in [1.165, 1.54) is 0 Å². The first-order chi connectivity index (χ1) is 15.2. The van der Waals surface area contributed by atoms with Crippen molar-refractivity contribution in [2.24, 2.45) is 0 Å². The van der Waals surface area contributed by atoms with Gasteiger partial charge < -0.3 is 14.8 Å². The van der Waals surface area contributed by atoms with Crippen LogP contribution in [0.5, 0.6) is 5.75 Å². The number of aromatic amines is 1. The van der Waals surface area contributed by atoms with E-state index in [1.807, 2.05) is 66.9 Å². The summed E-state index contributed by atoms with van der Waals surface area (Å²) in [6, 6.07) is 25.3. The number of benzene rings is 3. The van der Waals surface area contributed by atoms with E-state index in [0.29, 0.717) is 6.61 Å². The first-order valence-corrected chi connectivity index (χ1v) is 10.1. The number of aromatic nitrogens is 2. The number of H-pyrrole nitrogens is 1. The highest BCUT2D eigenvalue weighted by molar-refractivity contribution is 5.94. The quantitative estimate of drug-likeness (QED) is 0.384. The number of carboxylic acids is 1. The number of ether oxygens (including phenoxy) is 1. The molecule has 0 radical (unpaired) electrons. The number of carbonyl (C=O) groups is 1. The Hall–Kier alpha value is -4.12. The van der Waals surface area contributed by atoms with Crippen LogP contribution in [0.2, 0.25) is 0 Å². The van der Waals surface area contributed by atoms with Gasteiger partial charge in [-0.05, 0) is 53.9 Å². The molecule has 0 saturated carbocycles. The molecule has 3 aromatic carbocycles. The molecule has 0 unspecified atom stereocenters. The molecule has 0 fully saturated rings. The van der Waals surface area contributed by atoms with E-state index >= 15 is 0 Å². The van der Waals surface area contributed by atoms with E-state index in [0.717, 1.165) is 50.8 Å². The van der Waals surface area contributed by atoms with Crippen LogP contribution in [0.3, 0.4) is 0 Å². The van der Waals surface area contributed by atoms with Gasteiger partial charge in [-0.25, -0.2) is 9.78 Å². The number of para-hydroxylation sites is 1. The van der Waals surface area contributed by atoms with Gasteiger partial charge in [0, 0.05) is 22.5 Å². The minimum atomic E-state index is -0.924. The fourth-order valence-electron chi connectivity index (χ4n) is 3.73. The SMILES string of the molecule is O=C(O)c1ccc2c(Cc3ccc(OCc4ccc5ccccc5n4)cc3)c[nH]c2c1. The van der Waals surface area contributed by atoms with Crippen LogP contribution >= 0.6 is 0 Å². The highest BCUT2D eigenvalue weighted by atomic mass is 16.5. The van der Waals surface area contributed by atoms with Gasteiger partial charge in [0.15, 0.2) is 0 Å². The van der Waals surface area contributed by atoms with Crippen LogP contribution in [0.25, 0.3) is 21.8 Å². The molecule has 2 aromatic heterocycles. The molecule has 152 valence electrons. The summed E-state index contributed by atoms with van der Waals surface area (Å²) in [5.74, 6) is -0.128. The Labute approximate surface area is 179 Å². The molecule has 2 heterocycles. The van der Waals surface area contributed by atoms with Gasteiger partial charge in [0.1, 0.15) is 12.4 Å². The molecule has 5 nitrogen and oxygen atoms in total. The summed E-state index contributed by atoms with van der Waals surface area (Å²) in [6.45, 7) is 0.415. The van der Waals surface area contributed by atoms with E-state index in [-0.39, 0.29) is 5.56 Å². The Morgan fingerprint density at radius 3 is 2.65 bits per heavy atom. The highest BCUT2D eigenvalue weighted by Gasteiger charge is 2.09. The third-order valence-corrected chi connectivity index (χ3v) is 5.38. The van der Waals surface area contributed by atoms with E-state index in [9.17, 15) is 4.79 Å². The number of aromatic carboxylic acids is 1. The Kier molecular flexibility index (Phi) is 4.84. The first kappa shape index (κ1) is 18.9. The second-order valence-corrected chi connectivity index (χ2v) is 7.48. The van der Waals surface area contributed by atoms with Crippen LogP contribution in [0, 0.1) is 0 Å². The molecule has 31 heavy (non-hydrogen) atoms. The van der Waals surface area contributed by atoms with Gasteiger partial charge in [-0.15, -0.1) is 0 Å². The maximum absolute atomic E-state index is 11.1. The molecule has 0 aliphatic heterocycles. The Bertz CT molecular complexity index is 1390. The average Bonchev–Trinajstić information content (AvgIpc) is 3.20. The third kappa shape index (κ3) is 3.98. The van der Waals surface area contributed by atoms with Crippen LogP contribution in [-0.2, 0) is 13.0 Å². The van der Waals surface area contributed by atoms with Crippen molar-refractivity contribution in [1.29, 1.82) is 0 Å². The van der Waals surface area contributed by atoms with Gasteiger partial charge in [-0.1, -0.05) is 42.5 Å². The van der Waals surface area contributed by atoms with Crippen molar-refractivity contribution < 1.29 is 14.6 Å². The smallest absolute Gasteiger partial charge is 0.335 e. The molecule has 0 amide bonds. The molecule has 5 rings (SSSR count). The highest BCUT2D eigenvalue weighted by Crippen LogP contribution is 2.24. The standard InChI is InChI=1S/C26H20N2O3/c29-26(30)19-8-12-23-20(15-27-25(23)14-19)13-17-5-10-22(11-6-17)31-16-21-9-7-18-3-1-2-4-24(18)28-21/h1-12,14-15,27H,13,16H2,(H,29,30). The fraction of sp³-hybridized carbons (Fsp3) is 0.0769. The van der Waals surface area contributed by atoms with Gasteiger partial charge in [0.25, 0.3) is 0 Å². The lowest BCUT2D eigenvalue weighted by Crippen LogP contribution is -1.98. The zero-order valence-corrected chi connectivity index (χ0v) is 16.7. The largest absolute Gasteiger partial charge is 0.487 e. The van der Waals surface area contributed by atoms with Crippen molar-refractivity contribution in [3.63, 3.8) is 0 Å². The Morgan fingerprint density at radius 1 is 0.968 bits per heavy atom. The predicted octanol–water partition coefficient (Wildman–Crippen LogP) is 5.58. The minimum Gasteiger partial charge on any atom is -0.487 e. The number of hydrogen-bond donors (Lipinski definition) is 2. The maximum atomic E-state index is 11.1. The second kappa shape index (κ2) is 7.95. The molecule has 0 spiro atoms. The third-order valence-electron chi connectivity index (χ3n) is 5.38. The minimum absolute atomic E-state index is 0.281. The zero-order chi connectivity index (χ0) is 21.2. The summed E-state index contributed by atoms with van der Waals surface area (Å²) in [6.07, 6.45) is 2.69. The molecular formula is C26H20N2O3. The van der Waals surface area contributed by atoms with Crippen molar-refractivity contribution in [3.05, 3.63) is 107 Å². The lowest BCUT2D eigenvalue weighted by atomic mass is 10.0. The van der Waals surface area contributed by atoms with Crippen molar-refractivity contribution in [3.8, 4) is 5.75 Å². The van der Waals surface area contributed by atoms with E-state index in [4.69, 9.17) is 9.84 Å². The molecule has 0 aliphatic rings. The van der Waals surface area contributed by atoms with Crippen molar-refractivity contribution >= 4 is 27.8 Å². The average molecular weight is 408 g/mol. The molecule has 0 bridgehead atoms. The van der Waals surface area contributed by atoms with Gasteiger partial charge >= 0.3 is 5.97 Å². The monoisotopic (exact) mass is 408 g/mol. The van der Waals surface area contributed by atoms with Crippen molar-refractivity contribution in [2.75, 3.05) is 0 Å². The predicted molar refractivity (Wildman–Crippen MR) is 121 cm³/mol. The first-order valence-electron chi connectivity index (χ1n) is 10.1.